The Kier molecular flexibility index (Phi) is 5.71. The average molecular weight is 301 g/mol. The lowest BCUT2D eigenvalue weighted by Gasteiger charge is -2.22. The van der Waals surface area contributed by atoms with E-state index in [4.69, 9.17) is 4.74 Å². The summed E-state index contributed by atoms with van der Waals surface area (Å²) in [5, 5.41) is 3.47. The third-order valence-corrected chi connectivity index (χ3v) is 4.46. The van der Waals surface area contributed by atoms with Gasteiger partial charge in [-0.1, -0.05) is 18.9 Å². The van der Waals surface area contributed by atoms with Gasteiger partial charge < -0.3 is 15.0 Å². The van der Waals surface area contributed by atoms with Gasteiger partial charge in [-0.15, -0.1) is 0 Å². The van der Waals surface area contributed by atoms with Gasteiger partial charge in [0.15, 0.2) is 0 Å². The molecule has 0 spiro atoms. The molecule has 1 aromatic heterocycles. The van der Waals surface area contributed by atoms with Crippen molar-refractivity contribution in [1.29, 1.82) is 0 Å². The van der Waals surface area contributed by atoms with Crippen molar-refractivity contribution in [3.63, 3.8) is 0 Å². The number of aromatic nitrogens is 1. The summed E-state index contributed by atoms with van der Waals surface area (Å²) in [6, 6.07) is 4.37. The Morgan fingerprint density at radius 2 is 2.05 bits per heavy atom. The van der Waals surface area contributed by atoms with E-state index in [0.717, 1.165) is 44.8 Å². The Balaban J connectivity index is 1.45. The van der Waals surface area contributed by atoms with E-state index >= 15 is 0 Å². The molecule has 0 bridgehead atoms. The second kappa shape index (κ2) is 8.18. The Morgan fingerprint density at radius 3 is 2.73 bits per heavy atom. The summed E-state index contributed by atoms with van der Waals surface area (Å²) in [5.74, 6) is 1.13. The second-order valence-corrected chi connectivity index (χ2v) is 6.26. The molecule has 2 aliphatic heterocycles. The first-order valence-electron chi connectivity index (χ1n) is 8.63. The van der Waals surface area contributed by atoms with Crippen LogP contribution in [0.15, 0.2) is 30.7 Å². The monoisotopic (exact) mass is 301 g/mol. The molecule has 1 fully saturated rings. The topological polar surface area (TPSA) is 37.4 Å². The molecular formula is C18H27N3O. The SMILES string of the molecule is C1=CO[C@H](CNCc2ccc(N3CCCCCC3)nc2)CC1. The molecule has 0 amide bonds. The summed E-state index contributed by atoms with van der Waals surface area (Å²) in [4.78, 5) is 7.08. The van der Waals surface area contributed by atoms with E-state index in [1.54, 1.807) is 0 Å². The lowest BCUT2D eigenvalue weighted by Crippen LogP contribution is -2.29. The third kappa shape index (κ3) is 4.47. The van der Waals surface area contributed by atoms with Crippen LogP contribution in [0.2, 0.25) is 0 Å². The number of hydrogen-bond acceptors (Lipinski definition) is 4. The van der Waals surface area contributed by atoms with Crippen LogP contribution in [-0.2, 0) is 11.3 Å². The smallest absolute Gasteiger partial charge is 0.128 e. The predicted octanol–water partition coefficient (Wildman–Crippen LogP) is 3.24. The summed E-state index contributed by atoms with van der Waals surface area (Å²) in [5.41, 5.74) is 1.24. The number of nitrogens with one attached hydrogen (secondary N) is 1. The number of nitrogens with zero attached hydrogens (tertiary/aromatic N) is 2. The highest BCUT2D eigenvalue weighted by Crippen LogP contribution is 2.17. The average Bonchev–Trinajstić information content (AvgIpc) is 2.86. The van der Waals surface area contributed by atoms with Crippen LogP contribution in [0.3, 0.4) is 0 Å². The van der Waals surface area contributed by atoms with Gasteiger partial charge in [0.25, 0.3) is 0 Å². The van der Waals surface area contributed by atoms with E-state index in [1.165, 1.54) is 31.2 Å². The van der Waals surface area contributed by atoms with Crippen molar-refractivity contribution >= 4 is 5.82 Å². The number of pyridine rings is 1. The minimum Gasteiger partial charge on any atom is -0.497 e. The van der Waals surface area contributed by atoms with E-state index in [0.29, 0.717) is 6.10 Å². The number of rotatable bonds is 5. The first-order chi connectivity index (χ1) is 10.9. The van der Waals surface area contributed by atoms with Gasteiger partial charge in [0.1, 0.15) is 11.9 Å². The highest BCUT2D eigenvalue weighted by Gasteiger charge is 2.12. The number of hydrogen-bond donors (Lipinski definition) is 1. The van der Waals surface area contributed by atoms with Crippen LogP contribution in [0.4, 0.5) is 5.82 Å². The fraction of sp³-hybridized carbons (Fsp3) is 0.611. The fourth-order valence-electron chi connectivity index (χ4n) is 3.12. The molecule has 2 aliphatic rings. The standard InChI is InChI=1S/C18H27N3O/c1-2-5-11-21(10-4-1)18-9-8-16(14-20-18)13-19-15-17-7-3-6-12-22-17/h6,8-9,12,14,17,19H,1-5,7,10-11,13,15H2/t17-/m0/s1. The Bertz CT molecular complexity index is 464. The normalized spacial score (nSPS) is 22.2. The van der Waals surface area contributed by atoms with Gasteiger partial charge in [0, 0.05) is 32.4 Å². The highest BCUT2D eigenvalue weighted by atomic mass is 16.5. The number of ether oxygens (including phenoxy) is 1. The molecule has 3 heterocycles. The largest absolute Gasteiger partial charge is 0.497 e. The van der Waals surface area contributed by atoms with Crippen molar-refractivity contribution in [3.8, 4) is 0 Å². The van der Waals surface area contributed by atoms with E-state index < -0.39 is 0 Å². The van der Waals surface area contributed by atoms with Crippen molar-refractivity contribution in [2.45, 2.75) is 51.2 Å². The molecule has 0 unspecified atom stereocenters. The van der Waals surface area contributed by atoms with E-state index in [-0.39, 0.29) is 0 Å². The van der Waals surface area contributed by atoms with E-state index in [9.17, 15) is 0 Å². The first-order valence-corrected chi connectivity index (χ1v) is 8.63. The summed E-state index contributed by atoms with van der Waals surface area (Å²) >= 11 is 0. The summed E-state index contributed by atoms with van der Waals surface area (Å²) in [6.07, 6.45) is 13.8. The van der Waals surface area contributed by atoms with Crippen LogP contribution in [0, 0.1) is 0 Å². The van der Waals surface area contributed by atoms with Crippen LogP contribution >= 0.6 is 0 Å². The van der Waals surface area contributed by atoms with Crippen LogP contribution in [-0.4, -0.2) is 30.7 Å². The van der Waals surface area contributed by atoms with Gasteiger partial charge in [0.2, 0.25) is 0 Å². The quantitative estimate of drug-likeness (QED) is 0.906. The lowest BCUT2D eigenvalue weighted by molar-refractivity contribution is 0.122. The van der Waals surface area contributed by atoms with Crippen LogP contribution in [0.1, 0.15) is 44.1 Å². The predicted molar refractivity (Wildman–Crippen MR) is 89.9 cm³/mol. The Labute approximate surface area is 133 Å². The van der Waals surface area contributed by atoms with Gasteiger partial charge >= 0.3 is 0 Å². The molecule has 4 heteroatoms. The molecule has 0 aliphatic carbocycles. The number of allylic oxidation sites excluding steroid dienone is 1. The van der Waals surface area contributed by atoms with Crippen LogP contribution in [0.5, 0.6) is 0 Å². The van der Waals surface area contributed by atoms with Crippen LogP contribution < -0.4 is 10.2 Å². The maximum atomic E-state index is 5.56. The van der Waals surface area contributed by atoms with Crippen molar-refractivity contribution < 1.29 is 4.74 Å². The second-order valence-electron chi connectivity index (χ2n) is 6.26. The minimum absolute atomic E-state index is 0.314. The molecule has 0 saturated carbocycles. The molecule has 120 valence electrons. The molecular weight excluding hydrogens is 274 g/mol. The van der Waals surface area contributed by atoms with Gasteiger partial charge in [-0.2, -0.15) is 0 Å². The molecule has 0 aromatic carbocycles. The summed E-state index contributed by atoms with van der Waals surface area (Å²) < 4.78 is 5.56. The molecule has 1 saturated heterocycles. The van der Waals surface area contributed by atoms with Gasteiger partial charge in [-0.05, 0) is 43.4 Å². The molecule has 1 N–H and O–H groups in total. The highest BCUT2D eigenvalue weighted by molar-refractivity contribution is 5.39. The van der Waals surface area contributed by atoms with E-state index in [1.807, 2.05) is 12.5 Å². The van der Waals surface area contributed by atoms with Gasteiger partial charge in [-0.3, -0.25) is 0 Å². The third-order valence-electron chi connectivity index (χ3n) is 4.46. The molecule has 3 rings (SSSR count). The molecule has 1 atom stereocenters. The fourth-order valence-corrected chi connectivity index (χ4v) is 3.12. The zero-order valence-corrected chi connectivity index (χ0v) is 13.3. The van der Waals surface area contributed by atoms with Crippen molar-refractivity contribution in [2.75, 3.05) is 24.5 Å². The van der Waals surface area contributed by atoms with Crippen molar-refractivity contribution in [2.24, 2.45) is 0 Å². The molecule has 22 heavy (non-hydrogen) atoms. The summed E-state index contributed by atoms with van der Waals surface area (Å²) in [7, 11) is 0. The first kappa shape index (κ1) is 15.3. The zero-order valence-electron chi connectivity index (χ0n) is 13.3. The maximum absolute atomic E-state index is 5.56. The van der Waals surface area contributed by atoms with Gasteiger partial charge in [-0.25, -0.2) is 4.98 Å². The molecule has 0 radical (unpaired) electrons. The zero-order chi connectivity index (χ0) is 15.0. The lowest BCUT2D eigenvalue weighted by atomic mass is 10.1. The number of anilines is 1. The van der Waals surface area contributed by atoms with Crippen molar-refractivity contribution in [1.82, 2.24) is 10.3 Å². The van der Waals surface area contributed by atoms with E-state index in [2.05, 4.69) is 33.4 Å². The maximum Gasteiger partial charge on any atom is 0.128 e. The van der Waals surface area contributed by atoms with Crippen LogP contribution in [0.25, 0.3) is 0 Å². The minimum atomic E-state index is 0.314. The summed E-state index contributed by atoms with van der Waals surface area (Å²) in [6.45, 7) is 4.06. The Hall–Kier alpha value is -1.55. The Morgan fingerprint density at radius 1 is 1.18 bits per heavy atom. The van der Waals surface area contributed by atoms with Gasteiger partial charge in [0.05, 0.1) is 6.26 Å². The molecule has 1 aromatic rings. The van der Waals surface area contributed by atoms with Crippen molar-refractivity contribution in [3.05, 3.63) is 36.2 Å². The molecule has 4 nitrogen and oxygen atoms in total.